The van der Waals surface area contributed by atoms with Gasteiger partial charge in [-0.1, -0.05) is 53.7 Å². The Bertz CT molecular complexity index is 442. The van der Waals surface area contributed by atoms with Crippen LogP contribution in [0.15, 0.2) is 18.2 Å². The number of hydrogen-bond acceptors (Lipinski definition) is 3. The summed E-state index contributed by atoms with van der Waals surface area (Å²) in [5.74, 6) is 0.951. The zero-order valence-corrected chi connectivity index (χ0v) is 14.5. The Labute approximate surface area is 129 Å². The summed E-state index contributed by atoms with van der Waals surface area (Å²) >= 11 is 0. The van der Waals surface area contributed by atoms with Crippen molar-refractivity contribution in [3.8, 4) is 5.75 Å². The van der Waals surface area contributed by atoms with E-state index in [1.165, 1.54) is 11.1 Å². The maximum Gasteiger partial charge on any atom is 0.123 e. The predicted molar refractivity (Wildman–Crippen MR) is 89.2 cm³/mol. The van der Waals surface area contributed by atoms with Gasteiger partial charge in [0.25, 0.3) is 0 Å². The minimum Gasteiger partial charge on any atom is -0.491 e. The predicted octanol–water partition coefficient (Wildman–Crippen LogP) is 3.64. The third kappa shape index (κ3) is 5.68. The van der Waals surface area contributed by atoms with Gasteiger partial charge in [-0.2, -0.15) is 0 Å². The van der Waals surface area contributed by atoms with Crippen LogP contribution in [0.2, 0.25) is 0 Å². The fourth-order valence-corrected chi connectivity index (χ4v) is 2.10. The molecule has 0 aliphatic rings. The van der Waals surface area contributed by atoms with Crippen LogP contribution in [0.4, 0.5) is 0 Å². The molecule has 1 rings (SSSR count). The molecule has 0 spiro atoms. The second-order valence-electron chi connectivity index (χ2n) is 7.46. The van der Waals surface area contributed by atoms with E-state index in [9.17, 15) is 0 Å². The Hall–Kier alpha value is -1.06. The van der Waals surface area contributed by atoms with Gasteiger partial charge in [0.2, 0.25) is 0 Å². The second-order valence-corrected chi connectivity index (χ2v) is 7.46. The Morgan fingerprint density at radius 2 is 1.57 bits per heavy atom. The molecule has 2 N–H and O–H groups in total. The molecule has 3 heteroatoms. The fourth-order valence-electron chi connectivity index (χ4n) is 2.10. The van der Waals surface area contributed by atoms with E-state index in [4.69, 9.17) is 15.2 Å². The van der Waals surface area contributed by atoms with E-state index in [2.05, 4.69) is 59.7 Å². The van der Waals surface area contributed by atoms with Crippen LogP contribution in [0.25, 0.3) is 0 Å². The molecule has 0 aliphatic carbocycles. The molecule has 21 heavy (non-hydrogen) atoms. The largest absolute Gasteiger partial charge is 0.491 e. The average Bonchev–Trinajstić information content (AvgIpc) is 2.36. The lowest BCUT2D eigenvalue weighted by atomic mass is 9.80. The molecule has 0 atom stereocenters. The highest BCUT2D eigenvalue weighted by Crippen LogP contribution is 2.35. The van der Waals surface area contributed by atoms with Crippen LogP contribution in [-0.2, 0) is 15.6 Å². The summed E-state index contributed by atoms with van der Waals surface area (Å²) in [6.45, 7) is 15.6. The number of ether oxygens (including phenoxy) is 2. The molecule has 0 aliphatic heterocycles. The van der Waals surface area contributed by atoms with Crippen LogP contribution < -0.4 is 10.5 Å². The molecule has 0 heterocycles. The molecule has 0 bridgehead atoms. The first kappa shape index (κ1) is 18.0. The van der Waals surface area contributed by atoms with E-state index in [1.807, 2.05) is 0 Å². The van der Waals surface area contributed by atoms with E-state index in [0.29, 0.717) is 26.4 Å². The lowest BCUT2D eigenvalue weighted by Crippen LogP contribution is -2.19. The third-order valence-electron chi connectivity index (χ3n) is 3.40. The first-order valence-electron chi connectivity index (χ1n) is 7.72. The minimum atomic E-state index is 0.0503. The van der Waals surface area contributed by atoms with E-state index >= 15 is 0 Å². The second kappa shape index (κ2) is 7.28. The van der Waals surface area contributed by atoms with Gasteiger partial charge in [-0.3, -0.25) is 0 Å². The summed E-state index contributed by atoms with van der Waals surface area (Å²) < 4.78 is 11.3. The number of hydrogen-bond donors (Lipinski definition) is 1. The van der Waals surface area contributed by atoms with Gasteiger partial charge in [-0.25, -0.2) is 0 Å². The maximum atomic E-state index is 5.91. The summed E-state index contributed by atoms with van der Waals surface area (Å²) in [6.07, 6.45) is 0. The highest BCUT2D eigenvalue weighted by molar-refractivity contribution is 5.43. The maximum absolute atomic E-state index is 5.91. The number of rotatable bonds is 6. The summed E-state index contributed by atoms with van der Waals surface area (Å²) in [7, 11) is 0. The SMILES string of the molecule is CC(C)(C)c1ccc(OCCOCCN)c(C(C)(C)C)c1. The van der Waals surface area contributed by atoms with Crippen molar-refractivity contribution < 1.29 is 9.47 Å². The van der Waals surface area contributed by atoms with Crippen molar-refractivity contribution in [2.75, 3.05) is 26.4 Å². The first-order valence-corrected chi connectivity index (χ1v) is 7.72. The van der Waals surface area contributed by atoms with Crippen molar-refractivity contribution in [1.29, 1.82) is 0 Å². The highest BCUT2D eigenvalue weighted by atomic mass is 16.5. The molecule has 3 nitrogen and oxygen atoms in total. The molecular formula is C18H31NO2. The van der Waals surface area contributed by atoms with Crippen LogP contribution in [0.1, 0.15) is 52.7 Å². The zero-order valence-electron chi connectivity index (χ0n) is 14.5. The van der Waals surface area contributed by atoms with Crippen LogP contribution >= 0.6 is 0 Å². The molecule has 120 valence electrons. The lowest BCUT2D eigenvalue weighted by molar-refractivity contribution is 0.105. The van der Waals surface area contributed by atoms with Crippen molar-refractivity contribution in [3.63, 3.8) is 0 Å². The van der Waals surface area contributed by atoms with Gasteiger partial charge in [0, 0.05) is 6.54 Å². The van der Waals surface area contributed by atoms with Crippen molar-refractivity contribution in [3.05, 3.63) is 29.3 Å². The molecule has 0 unspecified atom stereocenters. The topological polar surface area (TPSA) is 44.5 Å². The van der Waals surface area contributed by atoms with E-state index in [1.54, 1.807) is 0 Å². The van der Waals surface area contributed by atoms with Gasteiger partial charge in [0.1, 0.15) is 12.4 Å². The van der Waals surface area contributed by atoms with Crippen LogP contribution in [0, 0.1) is 0 Å². The molecule has 0 saturated carbocycles. The Morgan fingerprint density at radius 3 is 2.10 bits per heavy atom. The van der Waals surface area contributed by atoms with Crippen molar-refractivity contribution >= 4 is 0 Å². The third-order valence-corrected chi connectivity index (χ3v) is 3.40. The van der Waals surface area contributed by atoms with Crippen LogP contribution in [0.3, 0.4) is 0 Å². The molecule has 0 fully saturated rings. The van der Waals surface area contributed by atoms with Crippen molar-refractivity contribution in [1.82, 2.24) is 0 Å². The molecular weight excluding hydrogens is 262 g/mol. The summed E-state index contributed by atoms with van der Waals surface area (Å²) in [4.78, 5) is 0. The molecule has 0 saturated heterocycles. The molecule has 1 aromatic carbocycles. The Kier molecular flexibility index (Phi) is 6.24. The van der Waals surface area contributed by atoms with Gasteiger partial charge >= 0.3 is 0 Å². The zero-order chi connectivity index (χ0) is 16.1. The summed E-state index contributed by atoms with van der Waals surface area (Å²) in [5, 5.41) is 0. The normalized spacial score (nSPS) is 12.5. The van der Waals surface area contributed by atoms with Gasteiger partial charge < -0.3 is 15.2 Å². The quantitative estimate of drug-likeness (QED) is 0.814. The van der Waals surface area contributed by atoms with E-state index in [-0.39, 0.29) is 10.8 Å². The minimum absolute atomic E-state index is 0.0503. The molecule has 0 amide bonds. The van der Waals surface area contributed by atoms with Gasteiger partial charge in [0.15, 0.2) is 0 Å². The Balaban J connectivity index is 2.88. The first-order chi connectivity index (χ1) is 9.66. The van der Waals surface area contributed by atoms with Crippen LogP contribution in [0.5, 0.6) is 5.75 Å². The average molecular weight is 293 g/mol. The van der Waals surface area contributed by atoms with E-state index < -0.39 is 0 Å². The smallest absolute Gasteiger partial charge is 0.123 e. The molecule has 0 aromatic heterocycles. The lowest BCUT2D eigenvalue weighted by Gasteiger charge is -2.27. The van der Waals surface area contributed by atoms with Gasteiger partial charge in [0.05, 0.1) is 13.2 Å². The van der Waals surface area contributed by atoms with E-state index in [0.717, 1.165) is 5.75 Å². The Morgan fingerprint density at radius 1 is 0.905 bits per heavy atom. The summed E-state index contributed by atoms with van der Waals surface area (Å²) in [5.41, 5.74) is 8.16. The fraction of sp³-hybridized carbons (Fsp3) is 0.667. The monoisotopic (exact) mass is 293 g/mol. The van der Waals surface area contributed by atoms with Crippen LogP contribution in [-0.4, -0.2) is 26.4 Å². The summed E-state index contributed by atoms with van der Waals surface area (Å²) in [6, 6.07) is 6.52. The number of benzene rings is 1. The van der Waals surface area contributed by atoms with Crippen molar-refractivity contribution in [2.45, 2.75) is 52.4 Å². The van der Waals surface area contributed by atoms with Gasteiger partial charge in [-0.05, 0) is 28.0 Å². The molecule has 0 radical (unpaired) electrons. The van der Waals surface area contributed by atoms with Crippen molar-refractivity contribution in [2.24, 2.45) is 5.73 Å². The van der Waals surface area contributed by atoms with Gasteiger partial charge in [-0.15, -0.1) is 0 Å². The molecule has 1 aromatic rings. The highest BCUT2D eigenvalue weighted by Gasteiger charge is 2.22. The standard InChI is InChI=1S/C18H31NO2/c1-17(2,3)14-7-8-16(15(13-14)18(4,5)6)21-12-11-20-10-9-19/h7-8,13H,9-12,19H2,1-6H3. The number of nitrogens with two attached hydrogens (primary N) is 1.